The minimum Gasteiger partial charge on any atom is -0.325 e. The van der Waals surface area contributed by atoms with Gasteiger partial charge in [-0.25, -0.2) is 8.42 Å². The highest BCUT2D eigenvalue weighted by Crippen LogP contribution is 2.27. The molecule has 0 saturated carbocycles. The number of sulfonamides is 1. The Labute approximate surface area is 160 Å². The summed E-state index contributed by atoms with van der Waals surface area (Å²) in [6, 6.07) is 17.7. The number of hydrogen-bond acceptors (Lipinski definition) is 4. The van der Waals surface area contributed by atoms with Crippen LogP contribution >= 0.6 is 0 Å². The van der Waals surface area contributed by atoms with E-state index < -0.39 is 10.0 Å². The molecule has 0 radical (unpaired) electrons. The molecule has 0 aromatic heterocycles. The predicted octanol–water partition coefficient (Wildman–Crippen LogP) is 2.26. The molecule has 0 bridgehead atoms. The number of nitrogens with zero attached hydrogens (tertiary/aromatic N) is 2. The molecule has 1 saturated heterocycles. The van der Waals surface area contributed by atoms with Gasteiger partial charge in [0, 0.05) is 50.4 Å². The molecular weight excluding hydrogens is 362 g/mol. The van der Waals surface area contributed by atoms with Crippen molar-refractivity contribution in [1.82, 2.24) is 9.21 Å². The van der Waals surface area contributed by atoms with Gasteiger partial charge in [0.1, 0.15) is 0 Å². The second kappa shape index (κ2) is 8.65. The highest BCUT2D eigenvalue weighted by Gasteiger charge is 2.23. The summed E-state index contributed by atoms with van der Waals surface area (Å²) in [5.41, 5.74) is 2.86. The quantitative estimate of drug-likeness (QED) is 0.825. The Morgan fingerprint density at radius 2 is 1.59 bits per heavy atom. The van der Waals surface area contributed by atoms with Gasteiger partial charge in [0.05, 0.1) is 6.26 Å². The van der Waals surface area contributed by atoms with E-state index in [2.05, 4.69) is 10.2 Å². The van der Waals surface area contributed by atoms with Crippen LogP contribution in [-0.4, -0.2) is 62.5 Å². The lowest BCUT2D eigenvalue weighted by atomic mass is 10.0. The van der Waals surface area contributed by atoms with Crippen molar-refractivity contribution < 1.29 is 13.2 Å². The van der Waals surface area contributed by atoms with Crippen LogP contribution < -0.4 is 5.32 Å². The molecule has 7 heteroatoms. The van der Waals surface area contributed by atoms with Gasteiger partial charge in [-0.05, 0) is 11.6 Å². The topological polar surface area (TPSA) is 69.7 Å². The van der Waals surface area contributed by atoms with Crippen LogP contribution in [0.4, 0.5) is 5.69 Å². The summed E-state index contributed by atoms with van der Waals surface area (Å²) in [5, 5.41) is 3.01. The second-order valence-electron chi connectivity index (χ2n) is 6.71. The van der Waals surface area contributed by atoms with Gasteiger partial charge in [-0.3, -0.25) is 4.79 Å². The van der Waals surface area contributed by atoms with Gasteiger partial charge in [0.15, 0.2) is 0 Å². The van der Waals surface area contributed by atoms with Gasteiger partial charge in [0.25, 0.3) is 0 Å². The minimum absolute atomic E-state index is 0.0380. The van der Waals surface area contributed by atoms with E-state index in [4.69, 9.17) is 0 Å². The molecule has 3 rings (SSSR count). The van der Waals surface area contributed by atoms with Crippen LogP contribution in [0.25, 0.3) is 11.1 Å². The van der Waals surface area contributed by atoms with Crippen molar-refractivity contribution in [3.8, 4) is 11.1 Å². The fourth-order valence-corrected chi connectivity index (χ4v) is 4.05. The molecular formula is C20H25N3O3S. The number of hydrogen-bond donors (Lipinski definition) is 1. The van der Waals surface area contributed by atoms with E-state index >= 15 is 0 Å². The summed E-state index contributed by atoms with van der Waals surface area (Å²) in [4.78, 5) is 14.5. The average molecular weight is 388 g/mol. The van der Waals surface area contributed by atoms with Crippen molar-refractivity contribution in [2.24, 2.45) is 0 Å². The lowest BCUT2D eigenvalue weighted by Crippen LogP contribution is -2.48. The lowest BCUT2D eigenvalue weighted by molar-refractivity contribution is -0.116. The zero-order valence-corrected chi connectivity index (χ0v) is 16.3. The minimum atomic E-state index is -3.13. The maximum atomic E-state index is 12.4. The number of carbonyl (C=O) groups excluding carboxylic acids is 1. The van der Waals surface area contributed by atoms with Crippen LogP contribution in [0.2, 0.25) is 0 Å². The Morgan fingerprint density at radius 1 is 0.963 bits per heavy atom. The zero-order chi connectivity index (χ0) is 19.3. The highest BCUT2D eigenvalue weighted by atomic mass is 32.2. The number of piperazine rings is 1. The number of para-hydroxylation sites is 1. The Balaban J connectivity index is 1.54. The van der Waals surface area contributed by atoms with Crippen molar-refractivity contribution in [3.05, 3.63) is 54.6 Å². The molecule has 1 amide bonds. The number of nitrogens with one attached hydrogen (secondary N) is 1. The van der Waals surface area contributed by atoms with Crippen LogP contribution in [0.15, 0.2) is 54.6 Å². The van der Waals surface area contributed by atoms with Crippen LogP contribution in [0.5, 0.6) is 0 Å². The molecule has 1 heterocycles. The Bertz CT molecular complexity index is 876. The van der Waals surface area contributed by atoms with Crippen molar-refractivity contribution >= 4 is 21.6 Å². The third-order valence-corrected chi connectivity index (χ3v) is 6.04. The Morgan fingerprint density at radius 3 is 2.26 bits per heavy atom. The molecule has 1 aliphatic rings. The molecule has 2 aromatic rings. The van der Waals surface area contributed by atoms with Crippen molar-refractivity contribution in [2.75, 3.05) is 44.3 Å². The number of benzene rings is 2. The maximum Gasteiger partial charge on any atom is 0.225 e. The Kier molecular flexibility index (Phi) is 6.26. The van der Waals surface area contributed by atoms with E-state index in [9.17, 15) is 13.2 Å². The second-order valence-corrected chi connectivity index (χ2v) is 8.70. The van der Waals surface area contributed by atoms with E-state index in [1.54, 1.807) is 0 Å². The number of rotatable bonds is 6. The Hall–Kier alpha value is -2.22. The molecule has 1 N–H and O–H groups in total. The number of anilines is 1. The summed E-state index contributed by atoms with van der Waals surface area (Å²) in [6.45, 7) is 2.90. The van der Waals surface area contributed by atoms with Crippen LogP contribution in [0, 0.1) is 0 Å². The molecule has 2 aromatic carbocycles. The van der Waals surface area contributed by atoms with E-state index in [0.717, 1.165) is 16.8 Å². The molecule has 1 aliphatic heterocycles. The zero-order valence-electron chi connectivity index (χ0n) is 15.5. The van der Waals surface area contributed by atoms with Crippen LogP contribution in [0.3, 0.4) is 0 Å². The normalized spacial score (nSPS) is 16.2. The van der Waals surface area contributed by atoms with E-state index in [1.165, 1.54) is 10.6 Å². The molecule has 0 aliphatic carbocycles. The van der Waals surface area contributed by atoms with E-state index in [-0.39, 0.29) is 5.91 Å². The van der Waals surface area contributed by atoms with Crippen molar-refractivity contribution in [1.29, 1.82) is 0 Å². The van der Waals surface area contributed by atoms with Crippen molar-refractivity contribution in [3.63, 3.8) is 0 Å². The molecule has 27 heavy (non-hydrogen) atoms. The fourth-order valence-electron chi connectivity index (χ4n) is 3.22. The third kappa shape index (κ3) is 5.38. The molecule has 1 fully saturated rings. The summed E-state index contributed by atoms with van der Waals surface area (Å²) in [5.74, 6) is -0.0380. The first-order valence-corrected chi connectivity index (χ1v) is 10.9. The van der Waals surface area contributed by atoms with Gasteiger partial charge in [-0.15, -0.1) is 0 Å². The first-order valence-electron chi connectivity index (χ1n) is 9.05. The van der Waals surface area contributed by atoms with Crippen molar-refractivity contribution in [2.45, 2.75) is 6.42 Å². The summed E-state index contributed by atoms with van der Waals surface area (Å²) >= 11 is 0. The van der Waals surface area contributed by atoms with Gasteiger partial charge in [0.2, 0.25) is 15.9 Å². The summed E-state index contributed by atoms with van der Waals surface area (Å²) in [6.07, 6.45) is 1.61. The summed E-state index contributed by atoms with van der Waals surface area (Å²) in [7, 11) is -3.13. The number of amides is 1. The first kappa shape index (κ1) is 19.5. The third-order valence-electron chi connectivity index (χ3n) is 4.74. The van der Waals surface area contributed by atoms with Gasteiger partial charge >= 0.3 is 0 Å². The SMILES string of the molecule is CS(=O)(=O)N1CCN(CCC(=O)Nc2ccccc2-c2ccccc2)CC1. The van der Waals surface area contributed by atoms with E-state index in [1.807, 2.05) is 54.6 Å². The van der Waals surface area contributed by atoms with E-state index in [0.29, 0.717) is 39.1 Å². The standard InChI is InChI=1S/C20H25N3O3S/c1-27(25,26)23-15-13-22(14-16-23)12-11-20(24)21-19-10-6-5-9-18(19)17-7-3-2-4-8-17/h2-10H,11-16H2,1H3,(H,21,24). The van der Waals surface area contributed by atoms with Gasteiger partial charge in [-0.2, -0.15) is 4.31 Å². The molecule has 0 spiro atoms. The largest absolute Gasteiger partial charge is 0.325 e. The van der Waals surface area contributed by atoms with Crippen LogP contribution in [0.1, 0.15) is 6.42 Å². The molecule has 6 nitrogen and oxygen atoms in total. The van der Waals surface area contributed by atoms with Crippen LogP contribution in [-0.2, 0) is 14.8 Å². The smallest absolute Gasteiger partial charge is 0.225 e. The van der Waals surface area contributed by atoms with Gasteiger partial charge < -0.3 is 10.2 Å². The average Bonchev–Trinajstić information content (AvgIpc) is 2.67. The monoisotopic (exact) mass is 387 g/mol. The highest BCUT2D eigenvalue weighted by molar-refractivity contribution is 7.88. The fraction of sp³-hybridized carbons (Fsp3) is 0.350. The molecule has 0 atom stereocenters. The lowest BCUT2D eigenvalue weighted by Gasteiger charge is -2.33. The molecule has 0 unspecified atom stereocenters. The van der Waals surface area contributed by atoms with Gasteiger partial charge in [-0.1, -0.05) is 48.5 Å². The first-order chi connectivity index (χ1) is 12.9. The predicted molar refractivity (Wildman–Crippen MR) is 108 cm³/mol. The number of carbonyl (C=O) groups is 1. The molecule has 144 valence electrons. The maximum absolute atomic E-state index is 12.4. The summed E-state index contributed by atoms with van der Waals surface area (Å²) < 4.78 is 24.6.